The van der Waals surface area contributed by atoms with E-state index in [0.29, 0.717) is 25.2 Å². The van der Waals surface area contributed by atoms with Crippen LogP contribution in [0.3, 0.4) is 0 Å². The Morgan fingerprint density at radius 1 is 1.30 bits per heavy atom. The highest BCUT2D eigenvalue weighted by Gasteiger charge is 2.19. The van der Waals surface area contributed by atoms with Crippen LogP contribution in [0, 0.1) is 5.82 Å². The zero-order valence-electron chi connectivity index (χ0n) is 13.3. The first kappa shape index (κ1) is 17.2. The van der Waals surface area contributed by atoms with Crippen molar-refractivity contribution >= 4 is 17.6 Å². The summed E-state index contributed by atoms with van der Waals surface area (Å²) in [7, 11) is 0. The largest absolute Gasteiger partial charge is 0.338 e. The number of benzene rings is 1. The van der Waals surface area contributed by atoms with Crippen LogP contribution in [0.15, 0.2) is 18.2 Å². The number of nitrogens with zero attached hydrogens (tertiary/aromatic N) is 1. The molecule has 1 aromatic carbocycles. The van der Waals surface area contributed by atoms with Crippen LogP contribution in [0.25, 0.3) is 0 Å². The molecule has 1 aliphatic heterocycles. The lowest BCUT2D eigenvalue weighted by molar-refractivity contribution is 0.0735. The fourth-order valence-electron chi connectivity index (χ4n) is 2.35. The summed E-state index contributed by atoms with van der Waals surface area (Å²) < 4.78 is 14.1. The third-order valence-corrected chi connectivity index (χ3v) is 3.68. The van der Waals surface area contributed by atoms with E-state index in [1.165, 1.54) is 18.2 Å². The molecule has 3 N–H and O–H groups in total. The van der Waals surface area contributed by atoms with Gasteiger partial charge in [0.15, 0.2) is 0 Å². The number of amides is 3. The molecule has 0 radical (unpaired) electrons. The maximum atomic E-state index is 14.1. The highest BCUT2D eigenvalue weighted by atomic mass is 19.1. The SMILES string of the molecule is CCCCNC(=O)Nc1ccc(C(=O)N2CCNCC2)cc1F. The summed E-state index contributed by atoms with van der Waals surface area (Å²) in [6, 6.07) is 3.68. The fourth-order valence-corrected chi connectivity index (χ4v) is 2.35. The van der Waals surface area contributed by atoms with Gasteiger partial charge in [-0.3, -0.25) is 4.79 Å². The Balaban J connectivity index is 1.97. The van der Waals surface area contributed by atoms with Crippen molar-refractivity contribution in [3.63, 3.8) is 0 Å². The second-order valence-corrected chi connectivity index (χ2v) is 5.47. The molecule has 7 heteroatoms. The second kappa shape index (κ2) is 8.47. The summed E-state index contributed by atoms with van der Waals surface area (Å²) in [5, 5.41) is 8.27. The predicted molar refractivity (Wildman–Crippen MR) is 87.1 cm³/mol. The number of unbranched alkanes of at least 4 members (excludes halogenated alkanes) is 1. The monoisotopic (exact) mass is 322 g/mol. The van der Waals surface area contributed by atoms with Crippen LogP contribution in [0.2, 0.25) is 0 Å². The van der Waals surface area contributed by atoms with E-state index in [-0.39, 0.29) is 11.6 Å². The number of rotatable bonds is 5. The van der Waals surface area contributed by atoms with E-state index in [1.54, 1.807) is 4.90 Å². The van der Waals surface area contributed by atoms with Gasteiger partial charge in [0.25, 0.3) is 5.91 Å². The average molecular weight is 322 g/mol. The van der Waals surface area contributed by atoms with Crippen LogP contribution in [-0.4, -0.2) is 49.6 Å². The van der Waals surface area contributed by atoms with Crippen molar-refractivity contribution < 1.29 is 14.0 Å². The molecule has 126 valence electrons. The molecule has 0 spiro atoms. The number of anilines is 1. The lowest BCUT2D eigenvalue weighted by Crippen LogP contribution is -2.46. The predicted octanol–water partition coefficient (Wildman–Crippen LogP) is 1.79. The topological polar surface area (TPSA) is 73.5 Å². The Bertz CT molecular complexity index is 559. The van der Waals surface area contributed by atoms with E-state index < -0.39 is 11.8 Å². The average Bonchev–Trinajstić information content (AvgIpc) is 2.57. The summed E-state index contributed by atoms with van der Waals surface area (Å²) in [6.07, 6.45) is 1.84. The van der Waals surface area contributed by atoms with E-state index in [9.17, 15) is 14.0 Å². The first-order valence-corrected chi connectivity index (χ1v) is 7.96. The minimum atomic E-state index is -0.614. The summed E-state index contributed by atoms with van der Waals surface area (Å²) >= 11 is 0. The highest BCUT2D eigenvalue weighted by molar-refractivity contribution is 5.95. The van der Waals surface area contributed by atoms with Crippen molar-refractivity contribution in [3.8, 4) is 0 Å². The standard InChI is InChI=1S/C16H23FN4O2/c1-2-3-6-19-16(23)20-14-5-4-12(11-13(14)17)15(22)21-9-7-18-8-10-21/h4-5,11,18H,2-3,6-10H2,1H3,(H2,19,20,23). The van der Waals surface area contributed by atoms with Gasteiger partial charge in [0.05, 0.1) is 5.69 Å². The summed E-state index contributed by atoms with van der Waals surface area (Å²) in [6.45, 7) is 5.27. The van der Waals surface area contributed by atoms with Gasteiger partial charge in [-0.15, -0.1) is 0 Å². The smallest absolute Gasteiger partial charge is 0.319 e. The molecule has 0 saturated carbocycles. The Morgan fingerprint density at radius 2 is 2.04 bits per heavy atom. The van der Waals surface area contributed by atoms with Gasteiger partial charge < -0.3 is 20.9 Å². The maximum absolute atomic E-state index is 14.1. The second-order valence-electron chi connectivity index (χ2n) is 5.47. The molecule has 1 saturated heterocycles. The summed E-state index contributed by atoms with van der Waals surface area (Å²) in [5.74, 6) is -0.805. The van der Waals surface area contributed by atoms with E-state index in [2.05, 4.69) is 16.0 Å². The van der Waals surface area contributed by atoms with Gasteiger partial charge in [0.2, 0.25) is 0 Å². The van der Waals surface area contributed by atoms with Gasteiger partial charge in [-0.1, -0.05) is 13.3 Å². The Hall–Kier alpha value is -2.15. The summed E-state index contributed by atoms with van der Waals surface area (Å²) in [4.78, 5) is 25.6. The number of nitrogens with one attached hydrogen (secondary N) is 3. The number of carbonyl (C=O) groups excluding carboxylic acids is 2. The Kier molecular flexibility index (Phi) is 6.34. The van der Waals surface area contributed by atoms with Gasteiger partial charge in [0.1, 0.15) is 5.82 Å². The first-order valence-electron chi connectivity index (χ1n) is 7.96. The lowest BCUT2D eigenvalue weighted by atomic mass is 10.1. The van der Waals surface area contributed by atoms with Gasteiger partial charge in [-0.05, 0) is 24.6 Å². The minimum Gasteiger partial charge on any atom is -0.338 e. The molecule has 0 unspecified atom stereocenters. The van der Waals surface area contributed by atoms with E-state index in [4.69, 9.17) is 0 Å². The molecule has 1 heterocycles. The molecule has 1 aliphatic rings. The van der Waals surface area contributed by atoms with E-state index in [0.717, 1.165) is 25.9 Å². The molecular weight excluding hydrogens is 299 g/mol. The number of hydrogen-bond acceptors (Lipinski definition) is 3. The fraction of sp³-hybridized carbons (Fsp3) is 0.500. The van der Waals surface area contributed by atoms with Crippen LogP contribution < -0.4 is 16.0 Å². The number of carbonyl (C=O) groups is 2. The normalized spacial score (nSPS) is 14.4. The van der Waals surface area contributed by atoms with Crippen molar-refractivity contribution in [3.05, 3.63) is 29.6 Å². The third-order valence-electron chi connectivity index (χ3n) is 3.68. The van der Waals surface area contributed by atoms with E-state index >= 15 is 0 Å². The van der Waals surface area contributed by atoms with Crippen molar-refractivity contribution in [1.29, 1.82) is 0 Å². The van der Waals surface area contributed by atoms with Gasteiger partial charge in [0, 0.05) is 38.3 Å². The first-order chi connectivity index (χ1) is 11.1. The van der Waals surface area contributed by atoms with Gasteiger partial charge in [-0.25, -0.2) is 9.18 Å². The number of piperazine rings is 1. The molecule has 23 heavy (non-hydrogen) atoms. The molecule has 0 bridgehead atoms. The van der Waals surface area contributed by atoms with Crippen molar-refractivity contribution in [2.24, 2.45) is 0 Å². The quantitative estimate of drug-likeness (QED) is 0.724. The van der Waals surface area contributed by atoms with Crippen LogP contribution in [0.1, 0.15) is 30.1 Å². The number of urea groups is 1. The lowest BCUT2D eigenvalue weighted by Gasteiger charge is -2.27. The molecule has 0 atom stereocenters. The number of hydrogen-bond donors (Lipinski definition) is 3. The van der Waals surface area contributed by atoms with Crippen LogP contribution in [-0.2, 0) is 0 Å². The molecule has 3 amide bonds. The molecule has 1 aromatic rings. The highest BCUT2D eigenvalue weighted by Crippen LogP contribution is 2.17. The molecule has 0 aromatic heterocycles. The minimum absolute atomic E-state index is 0.0656. The Morgan fingerprint density at radius 3 is 2.70 bits per heavy atom. The molecule has 6 nitrogen and oxygen atoms in total. The number of halogens is 1. The van der Waals surface area contributed by atoms with E-state index in [1.807, 2.05) is 6.92 Å². The molecule has 0 aliphatic carbocycles. The summed E-state index contributed by atoms with van der Waals surface area (Å²) in [5.41, 5.74) is 0.359. The van der Waals surface area contributed by atoms with Crippen molar-refractivity contribution in [1.82, 2.24) is 15.5 Å². The van der Waals surface area contributed by atoms with Gasteiger partial charge >= 0.3 is 6.03 Å². The molecular formula is C16H23FN4O2. The molecule has 1 fully saturated rings. The zero-order chi connectivity index (χ0) is 16.7. The third kappa shape index (κ3) is 4.92. The maximum Gasteiger partial charge on any atom is 0.319 e. The van der Waals surface area contributed by atoms with Crippen molar-refractivity contribution in [2.45, 2.75) is 19.8 Å². The van der Waals surface area contributed by atoms with Crippen LogP contribution in [0.5, 0.6) is 0 Å². The zero-order valence-corrected chi connectivity index (χ0v) is 13.3. The Labute approximate surface area is 135 Å². The van der Waals surface area contributed by atoms with Crippen molar-refractivity contribution in [2.75, 3.05) is 38.0 Å². The van der Waals surface area contributed by atoms with Crippen LogP contribution in [0.4, 0.5) is 14.9 Å². The molecule has 2 rings (SSSR count). The van der Waals surface area contributed by atoms with Gasteiger partial charge in [-0.2, -0.15) is 0 Å². The van der Waals surface area contributed by atoms with Crippen LogP contribution >= 0.6 is 0 Å².